The van der Waals surface area contributed by atoms with E-state index in [1.807, 2.05) is 67.8 Å². The van der Waals surface area contributed by atoms with Gasteiger partial charge in [0.25, 0.3) is 5.91 Å². The maximum Gasteiger partial charge on any atom is 0.271 e. The monoisotopic (exact) mass is 323 g/mol. The number of rotatable bonds is 5. The van der Waals surface area contributed by atoms with Crippen LogP contribution in [0.5, 0.6) is 5.75 Å². The molecule has 5 nitrogen and oxygen atoms in total. The Bertz CT molecular complexity index is 853. The van der Waals surface area contributed by atoms with Crippen molar-refractivity contribution in [3.05, 3.63) is 65.6 Å². The van der Waals surface area contributed by atoms with E-state index in [9.17, 15) is 4.79 Å². The average molecular weight is 323 g/mol. The molecule has 3 aromatic rings. The van der Waals surface area contributed by atoms with Gasteiger partial charge in [-0.2, -0.15) is 0 Å². The van der Waals surface area contributed by atoms with Crippen LogP contribution in [0.4, 0.5) is 0 Å². The lowest BCUT2D eigenvalue weighted by molar-refractivity contribution is 0.0935. The number of aromatic nitrogens is 2. The second-order valence-electron chi connectivity index (χ2n) is 5.79. The van der Waals surface area contributed by atoms with Gasteiger partial charge in [-0.15, -0.1) is 0 Å². The summed E-state index contributed by atoms with van der Waals surface area (Å²) >= 11 is 0. The van der Waals surface area contributed by atoms with Gasteiger partial charge in [0.05, 0.1) is 12.6 Å². The summed E-state index contributed by atoms with van der Waals surface area (Å²) in [5.41, 5.74) is 3.32. The molecule has 1 N–H and O–H groups in total. The van der Waals surface area contributed by atoms with Crippen LogP contribution in [0.25, 0.3) is 5.65 Å². The van der Waals surface area contributed by atoms with Gasteiger partial charge in [-0.1, -0.05) is 12.1 Å². The molecular formula is C19H21N3O2. The Balaban J connectivity index is 1.72. The maximum atomic E-state index is 12.4. The largest absolute Gasteiger partial charge is 0.494 e. The van der Waals surface area contributed by atoms with E-state index in [-0.39, 0.29) is 11.9 Å². The first-order valence-corrected chi connectivity index (χ1v) is 8.06. The van der Waals surface area contributed by atoms with Gasteiger partial charge in [0.1, 0.15) is 17.1 Å². The molecule has 5 heteroatoms. The molecule has 2 aromatic heterocycles. The van der Waals surface area contributed by atoms with Gasteiger partial charge >= 0.3 is 0 Å². The summed E-state index contributed by atoms with van der Waals surface area (Å²) < 4.78 is 7.28. The fourth-order valence-corrected chi connectivity index (χ4v) is 2.57. The number of hydrogen-bond donors (Lipinski definition) is 1. The van der Waals surface area contributed by atoms with E-state index in [2.05, 4.69) is 10.3 Å². The normalized spacial score (nSPS) is 12.1. The number of carbonyl (C=O) groups excluding carboxylic acids is 1. The van der Waals surface area contributed by atoms with Crippen molar-refractivity contribution >= 4 is 11.6 Å². The van der Waals surface area contributed by atoms with Crippen LogP contribution in [0, 0.1) is 6.92 Å². The molecule has 1 atom stereocenters. The molecule has 0 aliphatic carbocycles. The zero-order valence-corrected chi connectivity index (χ0v) is 14.1. The highest BCUT2D eigenvalue weighted by molar-refractivity contribution is 5.93. The zero-order chi connectivity index (χ0) is 17.1. The standard InChI is InChI=1S/C19H21N3O2/c1-4-24-16-7-5-15(6-8-16)14(3)20-19(23)17-12-22-10-9-13(2)11-18(22)21-17/h5-12,14H,4H2,1-3H3,(H,20,23)/t14-/m1/s1. The molecule has 1 amide bonds. The Morgan fingerprint density at radius 3 is 2.75 bits per heavy atom. The molecule has 3 rings (SSSR count). The minimum atomic E-state index is -0.183. The number of nitrogens with zero attached hydrogens (tertiary/aromatic N) is 2. The number of hydrogen-bond acceptors (Lipinski definition) is 3. The topological polar surface area (TPSA) is 55.6 Å². The molecule has 0 spiro atoms. The molecular weight excluding hydrogens is 302 g/mol. The molecule has 0 radical (unpaired) electrons. The third-order valence-corrected chi connectivity index (χ3v) is 3.89. The summed E-state index contributed by atoms with van der Waals surface area (Å²) in [5, 5.41) is 2.98. The lowest BCUT2D eigenvalue weighted by atomic mass is 10.1. The fourth-order valence-electron chi connectivity index (χ4n) is 2.57. The Kier molecular flexibility index (Phi) is 4.51. The van der Waals surface area contributed by atoms with E-state index in [4.69, 9.17) is 4.74 Å². The van der Waals surface area contributed by atoms with E-state index < -0.39 is 0 Å². The molecule has 0 unspecified atom stereocenters. The molecule has 0 aliphatic rings. The molecule has 0 bridgehead atoms. The molecule has 0 saturated heterocycles. The summed E-state index contributed by atoms with van der Waals surface area (Å²) in [4.78, 5) is 16.8. The number of nitrogens with one attached hydrogen (secondary N) is 1. The van der Waals surface area contributed by atoms with Crippen LogP contribution in [0.3, 0.4) is 0 Å². The first-order chi connectivity index (χ1) is 11.6. The molecule has 0 saturated carbocycles. The Labute approximate surface area is 141 Å². The molecule has 0 fully saturated rings. The van der Waals surface area contributed by atoms with Crippen molar-refractivity contribution in [2.75, 3.05) is 6.61 Å². The first kappa shape index (κ1) is 16.1. The molecule has 2 heterocycles. The number of carbonyl (C=O) groups is 1. The van der Waals surface area contributed by atoms with Crippen LogP contribution >= 0.6 is 0 Å². The van der Waals surface area contributed by atoms with Crippen molar-refractivity contribution in [3.8, 4) is 5.75 Å². The summed E-state index contributed by atoms with van der Waals surface area (Å²) in [5.74, 6) is 0.647. The fraction of sp³-hybridized carbons (Fsp3) is 0.263. The van der Waals surface area contributed by atoms with Crippen LogP contribution in [0.2, 0.25) is 0 Å². The Morgan fingerprint density at radius 1 is 1.29 bits per heavy atom. The van der Waals surface area contributed by atoms with E-state index in [0.717, 1.165) is 22.5 Å². The second-order valence-corrected chi connectivity index (χ2v) is 5.79. The predicted molar refractivity (Wildman–Crippen MR) is 93.4 cm³/mol. The van der Waals surface area contributed by atoms with Gasteiger partial charge < -0.3 is 14.5 Å². The summed E-state index contributed by atoms with van der Waals surface area (Å²) in [6.45, 7) is 6.54. The number of ether oxygens (including phenoxy) is 1. The minimum absolute atomic E-state index is 0.111. The van der Waals surface area contributed by atoms with Crippen molar-refractivity contribution in [1.82, 2.24) is 14.7 Å². The number of fused-ring (bicyclic) bond motifs is 1. The van der Waals surface area contributed by atoms with Crippen molar-refractivity contribution in [2.24, 2.45) is 0 Å². The number of benzene rings is 1. The van der Waals surface area contributed by atoms with E-state index in [0.29, 0.717) is 12.3 Å². The lowest BCUT2D eigenvalue weighted by Crippen LogP contribution is -2.26. The summed E-state index contributed by atoms with van der Waals surface area (Å²) in [6.07, 6.45) is 3.65. The van der Waals surface area contributed by atoms with Crippen molar-refractivity contribution < 1.29 is 9.53 Å². The van der Waals surface area contributed by atoms with Gasteiger partial charge in [-0.3, -0.25) is 4.79 Å². The highest BCUT2D eigenvalue weighted by Gasteiger charge is 2.14. The molecule has 0 aliphatic heterocycles. The highest BCUT2D eigenvalue weighted by atomic mass is 16.5. The van der Waals surface area contributed by atoms with Crippen molar-refractivity contribution in [1.29, 1.82) is 0 Å². The minimum Gasteiger partial charge on any atom is -0.494 e. The van der Waals surface area contributed by atoms with Crippen LogP contribution < -0.4 is 10.1 Å². The summed E-state index contributed by atoms with van der Waals surface area (Å²) in [6, 6.07) is 11.6. The van der Waals surface area contributed by atoms with E-state index in [1.165, 1.54) is 0 Å². The smallest absolute Gasteiger partial charge is 0.271 e. The Morgan fingerprint density at radius 2 is 2.04 bits per heavy atom. The van der Waals surface area contributed by atoms with Gasteiger partial charge in [-0.25, -0.2) is 4.98 Å². The number of aryl methyl sites for hydroxylation is 1. The van der Waals surface area contributed by atoms with E-state index in [1.54, 1.807) is 6.20 Å². The number of pyridine rings is 1. The average Bonchev–Trinajstić information content (AvgIpc) is 2.99. The summed E-state index contributed by atoms with van der Waals surface area (Å²) in [7, 11) is 0. The lowest BCUT2D eigenvalue weighted by Gasteiger charge is -2.14. The van der Waals surface area contributed by atoms with Crippen LogP contribution in [-0.2, 0) is 0 Å². The van der Waals surface area contributed by atoms with Crippen LogP contribution in [0.1, 0.15) is 41.5 Å². The number of imidazole rings is 1. The molecule has 1 aromatic carbocycles. The van der Waals surface area contributed by atoms with Gasteiger partial charge in [-0.05, 0) is 56.2 Å². The SMILES string of the molecule is CCOc1ccc([C@@H](C)NC(=O)c2cn3ccc(C)cc3n2)cc1. The van der Waals surface area contributed by atoms with Crippen LogP contribution in [0.15, 0.2) is 48.8 Å². The first-order valence-electron chi connectivity index (χ1n) is 8.06. The van der Waals surface area contributed by atoms with Crippen LogP contribution in [-0.4, -0.2) is 21.9 Å². The van der Waals surface area contributed by atoms with Gasteiger partial charge in [0.2, 0.25) is 0 Å². The third kappa shape index (κ3) is 3.40. The quantitative estimate of drug-likeness (QED) is 0.781. The number of amides is 1. The van der Waals surface area contributed by atoms with Gasteiger partial charge in [0, 0.05) is 12.4 Å². The van der Waals surface area contributed by atoms with E-state index >= 15 is 0 Å². The second kappa shape index (κ2) is 6.74. The predicted octanol–water partition coefficient (Wildman–Crippen LogP) is 3.53. The molecule has 124 valence electrons. The van der Waals surface area contributed by atoms with Crippen molar-refractivity contribution in [2.45, 2.75) is 26.8 Å². The Hall–Kier alpha value is -2.82. The maximum absolute atomic E-state index is 12.4. The van der Waals surface area contributed by atoms with Crippen molar-refractivity contribution in [3.63, 3.8) is 0 Å². The third-order valence-electron chi connectivity index (χ3n) is 3.89. The zero-order valence-electron chi connectivity index (χ0n) is 14.1. The molecule has 24 heavy (non-hydrogen) atoms. The highest BCUT2D eigenvalue weighted by Crippen LogP contribution is 2.18. The van der Waals surface area contributed by atoms with Gasteiger partial charge in [0.15, 0.2) is 0 Å².